The molecule has 3 unspecified atom stereocenters. The minimum Gasteiger partial charge on any atom is -0.393 e. The van der Waals surface area contributed by atoms with Crippen molar-refractivity contribution in [1.29, 1.82) is 0 Å². The lowest BCUT2D eigenvalue weighted by molar-refractivity contribution is 0.191. The molecule has 1 aliphatic rings. The lowest BCUT2D eigenvalue weighted by Gasteiger charge is -2.40. The van der Waals surface area contributed by atoms with Crippen LogP contribution in [0.15, 0.2) is 84.5 Å². The van der Waals surface area contributed by atoms with Gasteiger partial charge in [0.25, 0.3) is 0 Å². The Hall–Kier alpha value is -2.12. The summed E-state index contributed by atoms with van der Waals surface area (Å²) in [5.41, 5.74) is 3.79. The molecule has 3 rings (SSSR count). The van der Waals surface area contributed by atoms with Crippen LogP contribution in [-0.4, -0.2) is 11.2 Å². The molecule has 0 spiro atoms. The molecular weight excluding hydrogens is 280 g/mol. The molecule has 0 aromatic heterocycles. The van der Waals surface area contributed by atoms with Gasteiger partial charge in [-0.1, -0.05) is 91.4 Å². The summed E-state index contributed by atoms with van der Waals surface area (Å²) in [5, 5.41) is 9.95. The van der Waals surface area contributed by atoms with Gasteiger partial charge in [0.2, 0.25) is 0 Å². The van der Waals surface area contributed by atoms with Crippen LogP contribution in [0, 0.1) is 0 Å². The van der Waals surface area contributed by atoms with Crippen molar-refractivity contribution in [3.05, 3.63) is 95.6 Å². The molecule has 0 heterocycles. The zero-order valence-electron chi connectivity index (χ0n) is 13.8. The first-order chi connectivity index (χ1) is 11.1. The third-order valence-corrected chi connectivity index (χ3v) is 4.78. The Bertz CT molecular complexity index is 697. The fraction of sp³-hybridized carbons (Fsp3) is 0.273. The number of allylic oxidation sites excluding steroid dienone is 3. The van der Waals surface area contributed by atoms with Crippen LogP contribution in [0.1, 0.15) is 37.3 Å². The quantitative estimate of drug-likeness (QED) is 0.843. The third-order valence-electron chi connectivity index (χ3n) is 4.78. The largest absolute Gasteiger partial charge is 0.393 e. The molecule has 2 aromatic rings. The molecule has 118 valence electrons. The molecule has 0 saturated carbocycles. The monoisotopic (exact) mass is 304 g/mol. The molecular formula is C22H24O. The van der Waals surface area contributed by atoms with Gasteiger partial charge in [0.05, 0.1) is 6.10 Å². The number of rotatable bonds is 4. The fourth-order valence-corrected chi connectivity index (χ4v) is 3.74. The van der Waals surface area contributed by atoms with Gasteiger partial charge in [0.1, 0.15) is 0 Å². The number of hydrogen-bond acceptors (Lipinski definition) is 1. The molecule has 1 heteroatoms. The molecule has 0 fully saturated rings. The highest BCUT2D eigenvalue weighted by atomic mass is 16.3. The van der Waals surface area contributed by atoms with E-state index >= 15 is 0 Å². The summed E-state index contributed by atoms with van der Waals surface area (Å²) >= 11 is 0. The van der Waals surface area contributed by atoms with Crippen LogP contribution in [0.3, 0.4) is 0 Å². The molecule has 0 amide bonds. The van der Waals surface area contributed by atoms with Crippen molar-refractivity contribution in [2.75, 3.05) is 0 Å². The van der Waals surface area contributed by atoms with Crippen molar-refractivity contribution in [2.45, 2.75) is 37.7 Å². The van der Waals surface area contributed by atoms with Gasteiger partial charge in [-0.05, 0) is 24.5 Å². The Kier molecular flexibility index (Phi) is 4.49. The summed E-state index contributed by atoms with van der Waals surface area (Å²) in [6.45, 7) is 4.16. The molecule has 1 aliphatic carbocycles. The standard InChI is InChI=1S/C22H24O/c1-17(23)16-19-12-9-15-22(2,20-13-7-4-8-14-20)21(19)18-10-5-3-6-11-18/h3-15,17,21,23H,16H2,1-2H3. The van der Waals surface area contributed by atoms with E-state index in [9.17, 15) is 5.11 Å². The van der Waals surface area contributed by atoms with Crippen LogP contribution in [0.4, 0.5) is 0 Å². The van der Waals surface area contributed by atoms with Gasteiger partial charge in [-0.3, -0.25) is 0 Å². The molecule has 3 atom stereocenters. The van der Waals surface area contributed by atoms with Crippen LogP contribution < -0.4 is 0 Å². The SMILES string of the molecule is CC(O)CC1=CC=CC(C)(c2ccccc2)C1c1ccccc1. The van der Waals surface area contributed by atoms with E-state index in [0.717, 1.165) is 0 Å². The van der Waals surface area contributed by atoms with E-state index in [1.807, 2.05) is 6.92 Å². The maximum absolute atomic E-state index is 9.95. The summed E-state index contributed by atoms with van der Waals surface area (Å²) in [5.74, 6) is 0.241. The van der Waals surface area contributed by atoms with Crippen LogP contribution in [0.2, 0.25) is 0 Å². The maximum Gasteiger partial charge on any atom is 0.0549 e. The topological polar surface area (TPSA) is 20.2 Å². The van der Waals surface area contributed by atoms with E-state index < -0.39 is 0 Å². The lowest BCUT2D eigenvalue weighted by atomic mass is 9.63. The Morgan fingerprint density at radius 3 is 2.22 bits per heavy atom. The van der Waals surface area contributed by atoms with Gasteiger partial charge in [-0.25, -0.2) is 0 Å². The van der Waals surface area contributed by atoms with E-state index in [2.05, 4.69) is 85.8 Å². The second-order valence-electron chi connectivity index (χ2n) is 6.65. The predicted octanol–water partition coefficient (Wildman–Crippen LogP) is 5.00. The summed E-state index contributed by atoms with van der Waals surface area (Å²) in [4.78, 5) is 0. The second kappa shape index (κ2) is 6.55. The summed E-state index contributed by atoms with van der Waals surface area (Å²) in [7, 11) is 0. The molecule has 23 heavy (non-hydrogen) atoms. The Labute approximate surface area is 139 Å². The zero-order chi connectivity index (χ0) is 16.3. The summed E-state index contributed by atoms with van der Waals surface area (Å²) < 4.78 is 0. The maximum atomic E-state index is 9.95. The van der Waals surface area contributed by atoms with E-state index in [0.29, 0.717) is 6.42 Å². The minimum absolute atomic E-state index is 0.110. The molecule has 0 aliphatic heterocycles. The van der Waals surface area contributed by atoms with E-state index in [1.54, 1.807) is 0 Å². The highest BCUT2D eigenvalue weighted by Gasteiger charge is 2.38. The van der Waals surface area contributed by atoms with Gasteiger partial charge in [0.15, 0.2) is 0 Å². The summed E-state index contributed by atoms with van der Waals surface area (Å²) in [6.07, 6.45) is 6.98. The zero-order valence-corrected chi connectivity index (χ0v) is 13.8. The van der Waals surface area contributed by atoms with E-state index in [-0.39, 0.29) is 17.4 Å². The van der Waals surface area contributed by atoms with Gasteiger partial charge in [-0.15, -0.1) is 0 Å². The second-order valence-corrected chi connectivity index (χ2v) is 6.65. The Morgan fingerprint density at radius 1 is 1.00 bits per heavy atom. The highest BCUT2D eigenvalue weighted by molar-refractivity contribution is 5.47. The molecule has 0 saturated heterocycles. The fourth-order valence-electron chi connectivity index (χ4n) is 3.74. The molecule has 0 bridgehead atoms. The number of aliphatic hydroxyl groups excluding tert-OH is 1. The Balaban J connectivity index is 2.11. The van der Waals surface area contributed by atoms with Gasteiger partial charge in [-0.2, -0.15) is 0 Å². The third kappa shape index (κ3) is 3.16. The summed E-state index contributed by atoms with van der Waals surface area (Å²) in [6, 6.07) is 21.3. The lowest BCUT2D eigenvalue weighted by Crippen LogP contribution is -2.32. The predicted molar refractivity (Wildman–Crippen MR) is 96.5 cm³/mol. The van der Waals surface area contributed by atoms with Gasteiger partial charge in [0, 0.05) is 11.3 Å². The number of aliphatic hydroxyl groups is 1. The van der Waals surface area contributed by atoms with Gasteiger partial charge < -0.3 is 5.11 Å². The van der Waals surface area contributed by atoms with Crippen LogP contribution >= 0.6 is 0 Å². The van der Waals surface area contributed by atoms with Crippen LogP contribution in [-0.2, 0) is 5.41 Å². The minimum atomic E-state index is -0.334. The van der Waals surface area contributed by atoms with Crippen molar-refractivity contribution >= 4 is 0 Å². The van der Waals surface area contributed by atoms with Crippen molar-refractivity contribution in [2.24, 2.45) is 0 Å². The number of hydrogen-bond donors (Lipinski definition) is 1. The first kappa shape index (κ1) is 15.8. The molecule has 0 radical (unpaired) electrons. The average Bonchev–Trinajstić information content (AvgIpc) is 2.56. The van der Waals surface area contributed by atoms with Crippen molar-refractivity contribution in [3.8, 4) is 0 Å². The average molecular weight is 304 g/mol. The normalized spacial score (nSPS) is 25.0. The molecule has 1 N–H and O–H groups in total. The first-order valence-electron chi connectivity index (χ1n) is 8.28. The van der Waals surface area contributed by atoms with Crippen molar-refractivity contribution in [1.82, 2.24) is 0 Å². The highest BCUT2D eigenvalue weighted by Crippen LogP contribution is 2.47. The van der Waals surface area contributed by atoms with Crippen molar-refractivity contribution in [3.63, 3.8) is 0 Å². The van der Waals surface area contributed by atoms with E-state index in [1.165, 1.54) is 16.7 Å². The van der Waals surface area contributed by atoms with Crippen LogP contribution in [0.5, 0.6) is 0 Å². The first-order valence-corrected chi connectivity index (χ1v) is 8.28. The molecule has 2 aromatic carbocycles. The smallest absolute Gasteiger partial charge is 0.0549 e. The van der Waals surface area contributed by atoms with E-state index in [4.69, 9.17) is 0 Å². The van der Waals surface area contributed by atoms with Crippen LogP contribution in [0.25, 0.3) is 0 Å². The molecule has 1 nitrogen and oxygen atoms in total. The Morgan fingerprint density at radius 2 is 1.61 bits per heavy atom. The number of benzene rings is 2. The van der Waals surface area contributed by atoms with Gasteiger partial charge >= 0.3 is 0 Å². The van der Waals surface area contributed by atoms with Crippen molar-refractivity contribution < 1.29 is 5.11 Å².